The van der Waals surface area contributed by atoms with Gasteiger partial charge in [-0.15, -0.1) is 0 Å². The monoisotopic (exact) mass is 267 g/mol. The average Bonchev–Trinajstić information content (AvgIpc) is 3.12. The van der Waals surface area contributed by atoms with Crippen molar-refractivity contribution in [2.75, 3.05) is 52.5 Å². The summed E-state index contributed by atoms with van der Waals surface area (Å²) in [6, 6.07) is 1.42. The number of ether oxygens (including phenoxy) is 1. The van der Waals surface area contributed by atoms with Crippen molar-refractivity contribution in [3.05, 3.63) is 0 Å². The number of nitrogens with one attached hydrogen (secondary N) is 1. The molecule has 110 valence electrons. The molecule has 3 rings (SSSR count). The quantitative estimate of drug-likeness (QED) is 0.797. The zero-order valence-electron chi connectivity index (χ0n) is 12.3. The number of hydrogen-bond donors (Lipinski definition) is 1. The first-order valence-electron chi connectivity index (χ1n) is 8.14. The van der Waals surface area contributed by atoms with E-state index in [1.54, 1.807) is 0 Å². The lowest BCUT2D eigenvalue weighted by Crippen LogP contribution is -2.42. The van der Waals surface area contributed by atoms with Gasteiger partial charge in [0.15, 0.2) is 0 Å². The Morgan fingerprint density at radius 3 is 2.79 bits per heavy atom. The normalized spacial score (nSPS) is 37.4. The van der Waals surface area contributed by atoms with Gasteiger partial charge in [0.25, 0.3) is 0 Å². The third-order valence-electron chi connectivity index (χ3n) is 5.06. The molecule has 0 aliphatic carbocycles. The Bertz CT molecular complexity index is 281. The van der Waals surface area contributed by atoms with E-state index in [-0.39, 0.29) is 0 Å². The Morgan fingerprint density at radius 2 is 2.00 bits per heavy atom. The molecular weight excluding hydrogens is 238 g/mol. The van der Waals surface area contributed by atoms with Crippen LogP contribution >= 0.6 is 0 Å². The standard InChI is InChI=1S/C15H29N3O/c1-2-16-15-12-19-11-13(15)9-17-8-5-14(10-17)18-6-3-4-7-18/h13-16H,2-12H2,1H3. The smallest absolute Gasteiger partial charge is 0.0623 e. The largest absolute Gasteiger partial charge is 0.379 e. The number of nitrogens with zero attached hydrogens (tertiary/aromatic N) is 2. The van der Waals surface area contributed by atoms with Crippen LogP contribution in [-0.2, 0) is 4.74 Å². The van der Waals surface area contributed by atoms with Crippen molar-refractivity contribution in [1.82, 2.24) is 15.1 Å². The van der Waals surface area contributed by atoms with Crippen LogP contribution in [0.1, 0.15) is 26.2 Å². The molecule has 1 N–H and O–H groups in total. The molecular formula is C15H29N3O. The Balaban J connectivity index is 1.45. The van der Waals surface area contributed by atoms with Gasteiger partial charge in [-0.3, -0.25) is 4.90 Å². The van der Waals surface area contributed by atoms with Crippen molar-refractivity contribution in [3.63, 3.8) is 0 Å². The molecule has 4 heteroatoms. The van der Waals surface area contributed by atoms with Crippen LogP contribution in [0.3, 0.4) is 0 Å². The molecule has 0 bridgehead atoms. The van der Waals surface area contributed by atoms with Gasteiger partial charge < -0.3 is 15.0 Å². The van der Waals surface area contributed by atoms with Gasteiger partial charge in [0, 0.05) is 31.1 Å². The van der Waals surface area contributed by atoms with Gasteiger partial charge in [-0.25, -0.2) is 0 Å². The van der Waals surface area contributed by atoms with Crippen LogP contribution in [0.25, 0.3) is 0 Å². The maximum Gasteiger partial charge on any atom is 0.0623 e. The van der Waals surface area contributed by atoms with Gasteiger partial charge in [0.1, 0.15) is 0 Å². The van der Waals surface area contributed by atoms with Crippen molar-refractivity contribution in [2.24, 2.45) is 5.92 Å². The van der Waals surface area contributed by atoms with Gasteiger partial charge >= 0.3 is 0 Å². The fourth-order valence-corrected chi connectivity index (χ4v) is 3.98. The van der Waals surface area contributed by atoms with Crippen LogP contribution in [0.4, 0.5) is 0 Å². The van der Waals surface area contributed by atoms with Gasteiger partial charge in [0.2, 0.25) is 0 Å². The van der Waals surface area contributed by atoms with Crippen molar-refractivity contribution in [2.45, 2.75) is 38.3 Å². The summed E-state index contributed by atoms with van der Waals surface area (Å²) in [7, 11) is 0. The Hall–Kier alpha value is -0.160. The highest BCUT2D eigenvalue weighted by Crippen LogP contribution is 2.23. The number of rotatable bonds is 5. The van der Waals surface area contributed by atoms with Gasteiger partial charge in [-0.2, -0.15) is 0 Å². The third-order valence-corrected chi connectivity index (χ3v) is 5.06. The Kier molecular flexibility index (Phi) is 4.74. The molecule has 0 aromatic carbocycles. The lowest BCUT2D eigenvalue weighted by atomic mass is 10.0. The molecule has 0 aromatic heterocycles. The van der Waals surface area contributed by atoms with Crippen LogP contribution in [-0.4, -0.2) is 74.4 Å². The summed E-state index contributed by atoms with van der Waals surface area (Å²) < 4.78 is 5.66. The highest BCUT2D eigenvalue weighted by molar-refractivity contribution is 4.89. The minimum absolute atomic E-state index is 0.579. The zero-order chi connectivity index (χ0) is 13.1. The predicted molar refractivity (Wildman–Crippen MR) is 77.4 cm³/mol. The molecule has 3 fully saturated rings. The number of hydrogen-bond acceptors (Lipinski definition) is 4. The van der Waals surface area contributed by atoms with Crippen LogP contribution in [0.15, 0.2) is 0 Å². The summed E-state index contributed by atoms with van der Waals surface area (Å²) in [6.07, 6.45) is 4.20. The zero-order valence-corrected chi connectivity index (χ0v) is 12.3. The SMILES string of the molecule is CCNC1COCC1CN1CCC(N2CCCC2)C1. The maximum absolute atomic E-state index is 5.66. The molecule has 0 amide bonds. The van der Waals surface area contributed by atoms with Crippen LogP contribution in [0, 0.1) is 5.92 Å². The van der Waals surface area contributed by atoms with E-state index in [0.717, 1.165) is 25.8 Å². The summed E-state index contributed by atoms with van der Waals surface area (Å²) in [4.78, 5) is 5.39. The second kappa shape index (κ2) is 6.53. The van der Waals surface area contributed by atoms with E-state index in [4.69, 9.17) is 4.74 Å². The van der Waals surface area contributed by atoms with Crippen molar-refractivity contribution >= 4 is 0 Å². The number of likely N-dealkylation sites (tertiary alicyclic amines) is 2. The molecule has 0 aromatic rings. The van der Waals surface area contributed by atoms with E-state index in [9.17, 15) is 0 Å². The van der Waals surface area contributed by atoms with E-state index in [0.29, 0.717) is 12.0 Å². The average molecular weight is 267 g/mol. The van der Waals surface area contributed by atoms with E-state index in [1.165, 1.54) is 52.0 Å². The van der Waals surface area contributed by atoms with E-state index in [2.05, 4.69) is 22.0 Å². The summed E-state index contributed by atoms with van der Waals surface area (Å²) >= 11 is 0. The van der Waals surface area contributed by atoms with Crippen molar-refractivity contribution in [1.29, 1.82) is 0 Å². The van der Waals surface area contributed by atoms with Crippen LogP contribution in [0.5, 0.6) is 0 Å². The third kappa shape index (κ3) is 3.30. The molecule has 3 aliphatic rings. The minimum atomic E-state index is 0.579. The fraction of sp³-hybridized carbons (Fsp3) is 1.00. The van der Waals surface area contributed by atoms with E-state index >= 15 is 0 Å². The summed E-state index contributed by atoms with van der Waals surface area (Å²) in [5.74, 6) is 0.692. The highest BCUT2D eigenvalue weighted by atomic mass is 16.5. The Morgan fingerprint density at radius 1 is 1.16 bits per heavy atom. The molecule has 19 heavy (non-hydrogen) atoms. The molecule has 0 radical (unpaired) electrons. The maximum atomic E-state index is 5.66. The lowest BCUT2D eigenvalue weighted by Gasteiger charge is -2.26. The molecule has 3 unspecified atom stereocenters. The van der Waals surface area contributed by atoms with E-state index < -0.39 is 0 Å². The van der Waals surface area contributed by atoms with Crippen LogP contribution in [0.2, 0.25) is 0 Å². The lowest BCUT2D eigenvalue weighted by molar-refractivity contribution is 0.169. The number of likely N-dealkylation sites (N-methyl/N-ethyl adjacent to an activating group) is 1. The molecule has 3 atom stereocenters. The first-order chi connectivity index (χ1) is 9.36. The van der Waals surface area contributed by atoms with Crippen molar-refractivity contribution in [3.8, 4) is 0 Å². The Labute approximate surface area is 117 Å². The van der Waals surface area contributed by atoms with Crippen LogP contribution < -0.4 is 5.32 Å². The minimum Gasteiger partial charge on any atom is -0.379 e. The second-order valence-electron chi connectivity index (χ2n) is 6.41. The summed E-state index contributed by atoms with van der Waals surface area (Å²) in [5.41, 5.74) is 0. The first kappa shape index (κ1) is 13.8. The first-order valence-corrected chi connectivity index (χ1v) is 8.14. The van der Waals surface area contributed by atoms with Gasteiger partial charge in [-0.1, -0.05) is 6.92 Å². The molecule has 3 saturated heterocycles. The summed E-state index contributed by atoms with van der Waals surface area (Å²) in [5, 5.41) is 3.57. The molecule has 3 aliphatic heterocycles. The molecule has 3 heterocycles. The predicted octanol–water partition coefficient (Wildman–Crippen LogP) is 0.781. The molecule has 0 saturated carbocycles. The van der Waals surface area contributed by atoms with Gasteiger partial charge in [-0.05, 0) is 45.4 Å². The van der Waals surface area contributed by atoms with Gasteiger partial charge in [0.05, 0.1) is 13.2 Å². The fourth-order valence-electron chi connectivity index (χ4n) is 3.98. The molecule has 0 spiro atoms. The van der Waals surface area contributed by atoms with Crippen molar-refractivity contribution < 1.29 is 4.74 Å². The highest BCUT2D eigenvalue weighted by Gasteiger charge is 2.33. The molecule has 4 nitrogen and oxygen atoms in total. The van der Waals surface area contributed by atoms with E-state index in [1.807, 2.05) is 0 Å². The second-order valence-corrected chi connectivity index (χ2v) is 6.41. The summed E-state index contributed by atoms with van der Waals surface area (Å²) in [6.45, 7) is 11.6. The topological polar surface area (TPSA) is 27.7 Å².